The van der Waals surface area contributed by atoms with Crippen LogP contribution >= 0.6 is 24.0 Å². The molecule has 0 aliphatic carbocycles. The summed E-state index contributed by atoms with van der Waals surface area (Å²) in [6.45, 7) is 0.542. The number of fused-ring (bicyclic) bond motifs is 1. The van der Waals surface area contributed by atoms with E-state index in [4.69, 9.17) is 17.0 Å². The Morgan fingerprint density at radius 3 is 2.56 bits per heavy atom. The van der Waals surface area contributed by atoms with Gasteiger partial charge in [0.15, 0.2) is 0 Å². The van der Waals surface area contributed by atoms with Crippen LogP contribution in [0.15, 0.2) is 88.7 Å². The zero-order chi connectivity index (χ0) is 27.4. The van der Waals surface area contributed by atoms with Crippen molar-refractivity contribution in [3.8, 4) is 5.75 Å². The Hall–Kier alpha value is -3.99. The Bertz CT molecular complexity index is 1600. The van der Waals surface area contributed by atoms with E-state index in [0.717, 1.165) is 28.6 Å². The van der Waals surface area contributed by atoms with Crippen LogP contribution in [0.4, 0.5) is 5.82 Å². The summed E-state index contributed by atoms with van der Waals surface area (Å²) in [5, 5.41) is 13.8. The molecule has 1 atom stereocenters. The average molecular weight is 559 g/mol. The molecule has 10 heteroatoms. The molecule has 0 bridgehead atoms. The molecule has 2 N–H and O–H groups in total. The van der Waals surface area contributed by atoms with Crippen molar-refractivity contribution < 1.29 is 14.6 Å². The summed E-state index contributed by atoms with van der Waals surface area (Å²) in [6.07, 6.45) is 2.98. The van der Waals surface area contributed by atoms with Gasteiger partial charge in [-0.2, -0.15) is 0 Å². The van der Waals surface area contributed by atoms with E-state index in [9.17, 15) is 14.7 Å². The van der Waals surface area contributed by atoms with Gasteiger partial charge in [0.05, 0.1) is 23.7 Å². The number of nitrogens with one attached hydrogen (secondary N) is 1. The quantitative estimate of drug-likeness (QED) is 0.232. The van der Waals surface area contributed by atoms with E-state index < -0.39 is 6.10 Å². The Morgan fingerprint density at radius 1 is 1.08 bits per heavy atom. The van der Waals surface area contributed by atoms with Gasteiger partial charge in [0, 0.05) is 19.3 Å². The van der Waals surface area contributed by atoms with E-state index in [1.807, 2.05) is 54.6 Å². The number of amides is 1. The van der Waals surface area contributed by atoms with Crippen molar-refractivity contribution in [3.63, 3.8) is 0 Å². The third-order valence-electron chi connectivity index (χ3n) is 6.35. The molecule has 0 spiro atoms. The molecule has 4 aromatic rings. The number of aliphatic hydroxyl groups is 1. The molecule has 3 heterocycles. The number of thioether (sulfide) groups is 1. The molecule has 2 aromatic carbocycles. The number of methoxy groups -OCH3 is 1. The number of carbonyl (C=O) groups is 1. The molecule has 0 radical (unpaired) electrons. The lowest BCUT2D eigenvalue weighted by molar-refractivity contribution is -0.122. The van der Waals surface area contributed by atoms with Crippen LogP contribution in [-0.4, -0.2) is 49.8 Å². The molecule has 39 heavy (non-hydrogen) atoms. The van der Waals surface area contributed by atoms with Gasteiger partial charge in [0.2, 0.25) is 0 Å². The van der Waals surface area contributed by atoms with Gasteiger partial charge in [-0.15, -0.1) is 0 Å². The Kier molecular flexibility index (Phi) is 8.06. The minimum Gasteiger partial charge on any atom is -0.497 e. The second-order valence-electron chi connectivity index (χ2n) is 8.85. The maximum Gasteiger partial charge on any atom is 0.267 e. The lowest BCUT2D eigenvalue weighted by Gasteiger charge is -2.15. The lowest BCUT2D eigenvalue weighted by Crippen LogP contribution is -2.30. The van der Waals surface area contributed by atoms with Gasteiger partial charge < -0.3 is 15.2 Å². The normalized spacial score (nSPS) is 15.2. The molecule has 0 saturated carbocycles. The van der Waals surface area contributed by atoms with E-state index in [1.54, 1.807) is 42.5 Å². The van der Waals surface area contributed by atoms with Crippen molar-refractivity contribution in [2.24, 2.45) is 0 Å². The fourth-order valence-corrected chi connectivity index (χ4v) is 5.50. The molecule has 198 valence electrons. The molecule has 5 rings (SSSR count). The maximum atomic E-state index is 13.5. The largest absolute Gasteiger partial charge is 0.497 e. The molecular weight excluding hydrogens is 532 g/mol. The first-order valence-electron chi connectivity index (χ1n) is 12.3. The summed E-state index contributed by atoms with van der Waals surface area (Å²) >= 11 is 6.67. The van der Waals surface area contributed by atoms with E-state index in [1.165, 1.54) is 4.40 Å². The number of pyridine rings is 1. The van der Waals surface area contributed by atoms with Crippen LogP contribution in [0.25, 0.3) is 11.7 Å². The van der Waals surface area contributed by atoms with Crippen LogP contribution < -0.4 is 15.6 Å². The first-order valence-corrected chi connectivity index (χ1v) is 13.5. The maximum absolute atomic E-state index is 13.5. The van der Waals surface area contributed by atoms with Crippen molar-refractivity contribution in [2.75, 3.05) is 25.5 Å². The SMILES string of the molecule is COc1ccc(CCN2C(=O)C(=Cc3c(NCC(O)c4ccccc4)nc4ccccn4c3=O)SC2=S)cc1. The summed E-state index contributed by atoms with van der Waals surface area (Å²) in [5.41, 5.74) is 2.12. The summed E-state index contributed by atoms with van der Waals surface area (Å²) in [5.74, 6) is 0.791. The number of rotatable bonds is 9. The number of aliphatic hydroxyl groups excluding tert-OH is 1. The molecule has 1 fully saturated rings. The van der Waals surface area contributed by atoms with Crippen LogP contribution in [0, 0.1) is 0 Å². The van der Waals surface area contributed by atoms with Gasteiger partial charge in [-0.05, 0) is 47.9 Å². The molecule has 1 amide bonds. The van der Waals surface area contributed by atoms with Crippen LogP contribution in [-0.2, 0) is 11.2 Å². The summed E-state index contributed by atoms with van der Waals surface area (Å²) in [7, 11) is 1.62. The van der Waals surface area contributed by atoms with E-state index in [0.29, 0.717) is 27.8 Å². The highest BCUT2D eigenvalue weighted by atomic mass is 32.2. The number of anilines is 1. The van der Waals surface area contributed by atoms with Crippen molar-refractivity contribution in [3.05, 3.63) is 111 Å². The first kappa shape index (κ1) is 26.6. The Balaban J connectivity index is 1.41. The van der Waals surface area contributed by atoms with E-state index >= 15 is 0 Å². The van der Waals surface area contributed by atoms with Crippen molar-refractivity contribution >= 4 is 51.7 Å². The van der Waals surface area contributed by atoms with E-state index in [2.05, 4.69) is 10.3 Å². The highest BCUT2D eigenvalue weighted by molar-refractivity contribution is 8.26. The second kappa shape index (κ2) is 11.8. The molecule has 8 nitrogen and oxygen atoms in total. The zero-order valence-electron chi connectivity index (χ0n) is 21.1. The third-order valence-corrected chi connectivity index (χ3v) is 7.73. The van der Waals surface area contributed by atoms with Crippen molar-refractivity contribution in [1.29, 1.82) is 0 Å². The number of hydrogen-bond acceptors (Lipinski definition) is 8. The summed E-state index contributed by atoms with van der Waals surface area (Å²) < 4.78 is 7.06. The molecule has 1 aliphatic rings. The van der Waals surface area contributed by atoms with Gasteiger partial charge in [-0.1, -0.05) is 72.5 Å². The zero-order valence-corrected chi connectivity index (χ0v) is 22.7. The number of thiocarbonyl (C=S) groups is 1. The number of benzene rings is 2. The van der Waals surface area contributed by atoms with Gasteiger partial charge >= 0.3 is 0 Å². The third kappa shape index (κ3) is 5.88. The lowest BCUT2D eigenvalue weighted by atomic mass is 10.1. The number of aromatic nitrogens is 2. The summed E-state index contributed by atoms with van der Waals surface area (Å²) in [4.78, 5) is 33.3. The van der Waals surface area contributed by atoms with Crippen molar-refractivity contribution in [1.82, 2.24) is 14.3 Å². The molecular formula is C29H26N4O4S2. The Labute approximate surface area is 235 Å². The average Bonchev–Trinajstić information content (AvgIpc) is 3.24. The van der Waals surface area contributed by atoms with Crippen LogP contribution in [0.2, 0.25) is 0 Å². The standard InChI is InChI=1S/C29H26N4O4S2/c1-37-21-12-10-19(11-13-21)14-16-33-28(36)24(39-29(33)38)17-22-26(30-18-23(34)20-7-3-2-4-8-20)31-25-9-5-6-15-32(25)27(22)35/h2-13,15,17,23,30,34H,14,16,18H2,1H3. The fraction of sp³-hybridized carbons (Fsp3) is 0.172. The highest BCUT2D eigenvalue weighted by Crippen LogP contribution is 2.33. The smallest absolute Gasteiger partial charge is 0.267 e. The molecule has 1 unspecified atom stereocenters. The molecule has 1 saturated heterocycles. The number of nitrogens with zero attached hydrogens (tertiary/aromatic N) is 3. The molecule has 2 aromatic heterocycles. The van der Waals surface area contributed by atoms with Crippen LogP contribution in [0.1, 0.15) is 22.8 Å². The van der Waals surface area contributed by atoms with Gasteiger partial charge in [0.1, 0.15) is 21.5 Å². The monoisotopic (exact) mass is 558 g/mol. The molecule has 1 aliphatic heterocycles. The highest BCUT2D eigenvalue weighted by Gasteiger charge is 2.32. The van der Waals surface area contributed by atoms with Gasteiger partial charge in [-0.25, -0.2) is 4.98 Å². The van der Waals surface area contributed by atoms with Crippen molar-refractivity contribution in [2.45, 2.75) is 12.5 Å². The summed E-state index contributed by atoms with van der Waals surface area (Å²) in [6, 6.07) is 22.1. The predicted octanol–water partition coefficient (Wildman–Crippen LogP) is 4.29. The minimum atomic E-state index is -0.814. The fourth-order valence-electron chi connectivity index (χ4n) is 4.21. The number of ether oxygens (including phenoxy) is 1. The van der Waals surface area contributed by atoms with Gasteiger partial charge in [-0.3, -0.25) is 18.9 Å². The Morgan fingerprint density at radius 2 is 1.82 bits per heavy atom. The second-order valence-corrected chi connectivity index (χ2v) is 10.5. The first-order chi connectivity index (χ1) is 18.9. The number of carbonyl (C=O) groups excluding carboxylic acids is 1. The van der Waals surface area contributed by atoms with E-state index in [-0.39, 0.29) is 29.4 Å². The van der Waals surface area contributed by atoms with Gasteiger partial charge in [0.25, 0.3) is 11.5 Å². The predicted molar refractivity (Wildman–Crippen MR) is 158 cm³/mol. The minimum absolute atomic E-state index is 0.128. The number of hydrogen-bond donors (Lipinski definition) is 2. The topological polar surface area (TPSA) is 96.2 Å². The van der Waals surface area contributed by atoms with Crippen LogP contribution in [0.5, 0.6) is 5.75 Å². The van der Waals surface area contributed by atoms with Crippen LogP contribution in [0.3, 0.4) is 0 Å².